The fraction of sp³-hybridized carbons (Fsp3) is 0.938. The first kappa shape index (κ1) is 18.7. The topological polar surface area (TPSA) is 36.4 Å². The Kier molecular flexibility index (Phi) is 7.37. The van der Waals surface area contributed by atoms with Crippen molar-refractivity contribution in [3.63, 3.8) is 0 Å². The van der Waals surface area contributed by atoms with Crippen LogP contribution in [0.3, 0.4) is 0 Å². The van der Waals surface area contributed by atoms with Crippen LogP contribution in [0.15, 0.2) is 4.99 Å². The Labute approximate surface area is 141 Å². The predicted molar refractivity (Wildman–Crippen MR) is 91.0 cm³/mol. The maximum atomic E-state index is 12.7. The van der Waals surface area contributed by atoms with Crippen LogP contribution in [0, 0.1) is 11.8 Å². The number of nitrogens with zero attached hydrogens (tertiary/aromatic N) is 1. The van der Waals surface area contributed by atoms with Crippen LogP contribution < -0.4 is 10.6 Å². The molecule has 134 valence electrons. The van der Waals surface area contributed by atoms with Gasteiger partial charge in [-0.25, -0.2) is 0 Å². The van der Waals surface area contributed by atoms with Gasteiger partial charge in [0.25, 0.3) is 0 Å². The molecule has 2 fully saturated rings. The van der Waals surface area contributed by atoms with Crippen molar-refractivity contribution in [3.05, 3.63) is 0 Å². The summed E-state index contributed by atoms with van der Waals surface area (Å²) < 4.78 is 38.2. The molecule has 0 aromatic carbocycles. The summed E-state index contributed by atoms with van der Waals surface area (Å²) in [5.74, 6) is 2.71. The summed E-state index contributed by atoms with van der Waals surface area (Å²) in [7, 11) is 0. The molecule has 0 atom stereocenters. The molecule has 23 heavy (non-hydrogen) atoms. The second-order valence-corrected chi connectivity index (χ2v) is 7.73. The summed E-state index contributed by atoms with van der Waals surface area (Å²) in [6.07, 6.45) is -0.0404. The second-order valence-electron chi connectivity index (χ2n) is 6.51. The molecule has 2 N–H and O–H groups in total. The Bertz CT molecular complexity index is 373. The Morgan fingerprint density at radius 3 is 2.30 bits per heavy atom. The number of thioether (sulfide) groups is 1. The maximum Gasteiger partial charge on any atom is 0.391 e. The van der Waals surface area contributed by atoms with Crippen molar-refractivity contribution in [1.82, 2.24) is 10.6 Å². The van der Waals surface area contributed by atoms with Crippen LogP contribution in [-0.2, 0) is 0 Å². The number of nitrogens with one attached hydrogen (secondary N) is 2. The van der Waals surface area contributed by atoms with Gasteiger partial charge in [-0.15, -0.1) is 0 Å². The van der Waals surface area contributed by atoms with Crippen molar-refractivity contribution >= 4 is 17.7 Å². The van der Waals surface area contributed by atoms with E-state index in [1.165, 1.54) is 24.3 Å². The van der Waals surface area contributed by atoms with Crippen molar-refractivity contribution in [2.24, 2.45) is 16.8 Å². The lowest BCUT2D eigenvalue weighted by Crippen LogP contribution is -2.46. The van der Waals surface area contributed by atoms with Crippen LogP contribution >= 0.6 is 11.8 Å². The average Bonchev–Trinajstić information content (AvgIpc) is 2.53. The molecular weight excluding hydrogens is 323 g/mol. The molecule has 1 saturated carbocycles. The van der Waals surface area contributed by atoms with E-state index >= 15 is 0 Å². The van der Waals surface area contributed by atoms with Gasteiger partial charge >= 0.3 is 6.18 Å². The molecule has 0 aromatic heterocycles. The molecule has 7 heteroatoms. The predicted octanol–water partition coefficient (Wildman–Crippen LogP) is 3.81. The molecule has 1 aliphatic carbocycles. The highest BCUT2D eigenvalue weighted by molar-refractivity contribution is 7.99. The zero-order chi connectivity index (χ0) is 16.7. The lowest BCUT2D eigenvalue weighted by atomic mass is 9.85. The molecule has 1 aliphatic heterocycles. The van der Waals surface area contributed by atoms with Gasteiger partial charge in [0.2, 0.25) is 0 Å². The summed E-state index contributed by atoms with van der Waals surface area (Å²) in [6, 6.07) is 0.105. The van der Waals surface area contributed by atoms with E-state index in [4.69, 9.17) is 0 Å². The van der Waals surface area contributed by atoms with E-state index < -0.39 is 12.1 Å². The van der Waals surface area contributed by atoms with E-state index in [2.05, 4.69) is 15.6 Å². The first-order chi connectivity index (χ1) is 11.0. The Balaban J connectivity index is 1.80. The van der Waals surface area contributed by atoms with Crippen molar-refractivity contribution in [1.29, 1.82) is 0 Å². The van der Waals surface area contributed by atoms with Gasteiger partial charge in [-0.3, -0.25) is 4.99 Å². The highest BCUT2D eigenvalue weighted by atomic mass is 32.2. The summed E-state index contributed by atoms with van der Waals surface area (Å²) in [4.78, 5) is 4.66. The van der Waals surface area contributed by atoms with E-state index in [1.54, 1.807) is 0 Å². The SMILES string of the molecule is CCNC(=NCC1CCSCC1)NC1CCC(C(F)(F)F)CC1. The third-order valence-corrected chi connectivity index (χ3v) is 5.77. The average molecular weight is 351 g/mol. The first-order valence-corrected chi connectivity index (χ1v) is 9.83. The molecule has 0 aromatic rings. The molecule has 2 rings (SSSR count). The highest BCUT2D eigenvalue weighted by Crippen LogP contribution is 2.37. The lowest BCUT2D eigenvalue weighted by molar-refractivity contribution is -0.182. The molecule has 1 saturated heterocycles. The summed E-state index contributed by atoms with van der Waals surface area (Å²) in [5, 5.41) is 6.56. The van der Waals surface area contributed by atoms with E-state index in [0.29, 0.717) is 18.8 Å². The third kappa shape index (κ3) is 6.43. The highest BCUT2D eigenvalue weighted by Gasteiger charge is 2.41. The van der Waals surface area contributed by atoms with E-state index in [1.807, 2.05) is 18.7 Å². The van der Waals surface area contributed by atoms with Crippen molar-refractivity contribution < 1.29 is 13.2 Å². The number of halogens is 3. The molecular formula is C16H28F3N3S. The molecule has 2 aliphatic rings. The van der Waals surface area contributed by atoms with E-state index in [-0.39, 0.29) is 18.9 Å². The van der Waals surface area contributed by atoms with Crippen LogP contribution in [0.2, 0.25) is 0 Å². The summed E-state index contributed by atoms with van der Waals surface area (Å²) in [5.41, 5.74) is 0. The van der Waals surface area contributed by atoms with Gasteiger partial charge in [-0.1, -0.05) is 0 Å². The minimum atomic E-state index is -4.04. The standard InChI is InChI=1S/C16H28F3N3S/c1-2-20-15(21-11-12-7-9-23-10-8-12)22-14-5-3-13(4-6-14)16(17,18)19/h12-14H,2-11H2,1H3,(H2,20,21,22). The molecule has 0 amide bonds. The number of aliphatic imine (C=N–C) groups is 1. The fourth-order valence-electron chi connectivity index (χ4n) is 3.23. The van der Waals surface area contributed by atoms with Gasteiger partial charge in [0.15, 0.2) is 5.96 Å². The smallest absolute Gasteiger partial charge is 0.357 e. The minimum absolute atomic E-state index is 0.105. The quantitative estimate of drug-likeness (QED) is 0.597. The maximum absolute atomic E-state index is 12.7. The lowest BCUT2D eigenvalue weighted by Gasteiger charge is -2.31. The normalized spacial score (nSPS) is 27.7. The third-order valence-electron chi connectivity index (χ3n) is 4.72. The fourth-order valence-corrected chi connectivity index (χ4v) is 4.43. The molecule has 3 nitrogen and oxygen atoms in total. The van der Waals surface area contributed by atoms with Crippen molar-refractivity contribution in [3.8, 4) is 0 Å². The van der Waals surface area contributed by atoms with Crippen LogP contribution in [0.4, 0.5) is 13.2 Å². The summed E-state index contributed by atoms with van der Waals surface area (Å²) >= 11 is 2.00. The molecule has 0 radical (unpaired) electrons. The van der Waals surface area contributed by atoms with Crippen LogP contribution in [0.1, 0.15) is 45.4 Å². The summed E-state index contributed by atoms with van der Waals surface area (Å²) in [6.45, 7) is 3.59. The zero-order valence-electron chi connectivity index (χ0n) is 13.8. The molecule has 0 bridgehead atoms. The van der Waals surface area contributed by atoms with Gasteiger partial charge in [-0.2, -0.15) is 24.9 Å². The van der Waals surface area contributed by atoms with Crippen molar-refractivity contribution in [2.45, 2.75) is 57.7 Å². The number of hydrogen-bond acceptors (Lipinski definition) is 2. The molecule has 0 unspecified atom stereocenters. The van der Waals surface area contributed by atoms with E-state index in [0.717, 1.165) is 19.0 Å². The Morgan fingerprint density at radius 1 is 1.09 bits per heavy atom. The Hall–Kier alpha value is -0.590. The number of rotatable bonds is 4. The second kappa shape index (κ2) is 9.04. The largest absolute Gasteiger partial charge is 0.391 e. The van der Waals surface area contributed by atoms with Crippen LogP contribution in [0.25, 0.3) is 0 Å². The minimum Gasteiger partial charge on any atom is -0.357 e. The van der Waals surface area contributed by atoms with Gasteiger partial charge < -0.3 is 10.6 Å². The van der Waals surface area contributed by atoms with Gasteiger partial charge in [0, 0.05) is 19.1 Å². The van der Waals surface area contributed by atoms with Crippen LogP contribution in [-0.4, -0.2) is 42.8 Å². The number of alkyl halides is 3. The zero-order valence-corrected chi connectivity index (χ0v) is 14.6. The first-order valence-electron chi connectivity index (χ1n) is 8.68. The van der Waals surface area contributed by atoms with Gasteiger partial charge in [0.05, 0.1) is 5.92 Å². The van der Waals surface area contributed by atoms with E-state index in [9.17, 15) is 13.2 Å². The van der Waals surface area contributed by atoms with Gasteiger partial charge in [-0.05, 0) is 62.9 Å². The molecule has 0 spiro atoms. The monoisotopic (exact) mass is 351 g/mol. The van der Waals surface area contributed by atoms with Crippen molar-refractivity contribution in [2.75, 3.05) is 24.6 Å². The van der Waals surface area contributed by atoms with Crippen LogP contribution in [0.5, 0.6) is 0 Å². The van der Waals surface area contributed by atoms with Gasteiger partial charge in [0.1, 0.15) is 0 Å². The number of hydrogen-bond donors (Lipinski definition) is 2. The Morgan fingerprint density at radius 2 is 1.74 bits per heavy atom. The number of guanidine groups is 1. The molecule has 1 heterocycles.